The molecule has 26 heavy (non-hydrogen) atoms. The first kappa shape index (κ1) is 18.5. The van der Waals surface area contributed by atoms with E-state index < -0.39 is 5.97 Å². The molecule has 1 N–H and O–H groups in total. The van der Waals surface area contributed by atoms with Gasteiger partial charge in [-0.15, -0.1) is 0 Å². The number of benzene rings is 2. The van der Waals surface area contributed by atoms with E-state index in [1.165, 1.54) is 0 Å². The van der Waals surface area contributed by atoms with Crippen LogP contribution in [-0.4, -0.2) is 41.7 Å². The minimum Gasteiger partial charge on any atom is -0.492 e. The smallest absolute Gasteiger partial charge is 0.304 e. The summed E-state index contributed by atoms with van der Waals surface area (Å²) in [5, 5.41) is 9.51. The molecule has 1 heterocycles. The van der Waals surface area contributed by atoms with Gasteiger partial charge in [-0.3, -0.25) is 9.69 Å². The van der Waals surface area contributed by atoms with Crippen LogP contribution in [0.1, 0.15) is 19.3 Å². The van der Waals surface area contributed by atoms with Gasteiger partial charge in [-0.05, 0) is 67.9 Å². The quantitative estimate of drug-likeness (QED) is 0.738. The molecular weight excluding hydrogens is 354 g/mol. The van der Waals surface area contributed by atoms with Gasteiger partial charge in [-0.25, -0.2) is 0 Å². The average molecular weight is 376 g/mol. The van der Waals surface area contributed by atoms with Crippen molar-refractivity contribution < 1.29 is 19.4 Å². The topological polar surface area (TPSA) is 59.0 Å². The van der Waals surface area contributed by atoms with Crippen molar-refractivity contribution in [2.45, 2.75) is 25.3 Å². The fourth-order valence-corrected chi connectivity index (χ4v) is 3.18. The summed E-state index contributed by atoms with van der Waals surface area (Å²) in [5.41, 5.74) is 0. The van der Waals surface area contributed by atoms with Crippen molar-refractivity contribution >= 4 is 17.6 Å². The van der Waals surface area contributed by atoms with Crippen LogP contribution >= 0.6 is 11.6 Å². The normalized spacial score (nSPS) is 17.2. The van der Waals surface area contributed by atoms with Crippen LogP contribution in [0.15, 0.2) is 48.5 Å². The Labute approximate surface area is 158 Å². The Bertz CT molecular complexity index is 718. The molecule has 0 bridgehead atoms. The van der Waals surface area contributed by atoms with E-state index in [9.17, 15) is 4.79 Å². The highest BCUT2D eigenvalue weighted by Gasteiger charge is 2.25. The average Bonchev–Trinajstić information content (AvgIpc) is 3.09. The fourth-order valence-electron chi connectivity index (χ4n) is 3.05. The molecular formula is C20H22ClNO4. The Hall–Kier alpha value is -2.24. The van der Waals surface area contributed by atoms with Gasteiger partial charge in [0.1, 0.15) is 23.9 Å². The van der Waals surface area contributed by atoms with E-state index in [0.717, 1.165) is 36.6 Å². The van der Waals surface area contributed by atoms with Crippen LogP contribution in [0.4, 0.5) is 0 Å². The number of hydrogen-bond donors (Lipinski definition) is 1. The van der Waals surface area contributed by atoms with Gasteiger partial charge in [0.15, 0.2) is 0 Å². The van der Waals surface area contributed by atoms with Gasteiger partial charge in [-0.1, -0.05) is 11.6 Å². The van der Waals surface area contributed by atoms with Crippen LogP contribution in [0.5, 0.6) is 17.2 Å². The molecule has 1 aliphatic rings. The van der Waals surface area contributed by atoms with Crippen molar-refractivity contribution in [3.8, 4) is 17.2 Å². The molecule has 0 amide bonds. The lowest BCUT2D eigenvalue weighted by Crippen LogP contribution is -2.35. The molecule has 1 fully saturated rings. The van der Waals surface area contributed by atoms with E-state index in [1.807, 2.05) is 36.4 Å². The molecule has 0 aliphatic carbocycles. The lowest BCUT2D eigenvalue weighted by molar-refractivity contribution is -0.137. The monoisotopic (exact) mass is 375 g/mol. The number of carboxylic acids is 1. The standard InChI is InChI=1S/C20H22ClNO4/c21-15-3-5-18(6-4-15)26-19-9-7-17(8-10-19)25-14-16-2-1-12-22(16)13-11-20(23)24/h3-10,16H,1-2,11-14H2,(H,23,24)/t16-/m1/s1. The highest BCUT2D eigenvalue weighted by molar-refractivity contribution is 6.30. The zero-order chi connectivity index (χ0) is 18.4. The third-order valence-electron chi connectivity index (χ3n) is 4.43. The Morgan fingerprint density at radius 2 is 1.69 bits per heavy atom. The molecule has 5 nitrogen and oxygen atoms in total. The molecule has 0 unspecified atom stereocenters. The molecule has 138 valence electrons. The van der Waals surface area contributed by atoms with Crippen molar-refractivity contribution in [2.24, 2.45) is 0 Å². The van der Waals surface area contributed by atoms with Crippen molar-refractivity contribution in [3.05, 3.63) is 53.6 Å². The first-order valence-corrected chi connectivity index (χ1v) is 9.10. The maximum absolute atomic E-state index is 10.7. The molecule has 1 atom stereocenters. The molecule has 2 aromatic rings. The third kappa shape index (κ3) is 5.38. The number of halogens is 1. The van der Waals surface area contributed by atoms with Crippen LogP contribution in [0.25, 0.3) is 0 Å². The zero-order valence-corrected chi connectivity index (χ0v) is 15.2. The summed E-state index contributed by atoms with van der Waals surface area (Å²) in [6, 6.07) is 15.0. The SMILES string of the molecule is O=C(O)CCN1CCC[C@@H]1COc1ccc(Oc2ccc(Cl)cc2)cc1. The maximum Gasteiger partial charge on any atom is 0.304 e. The van der Waals surface area contributed by atoms with Crippen LogP contribution in [0, 0.1) is 0 Å². The van der Waals surface area contributed by atoms with E-state index in [2.05, 4.69) is 4.90 Å². The number of likely N-dealkylation sites (tertiary alicyclic amines) is 1. The van der Waals surface area contributed by atoms with Crippen LogP contribution in [-0.2, 0) is 4.79 Å². The second-order valence-corrected chi connectivity index (χ2v) is 6.75. The van der Waals surface area contributed by atoms with Crippen LogP contribution in [0.2, 0.25) is 5.02 Å². The summed E-state index contributed by atoms with van der Waals surface area (Å²) in [6.07, 6.45) is 2.30. The van der Waals surface area contributed by atoms with Gasteiger partial charge < -0.3 is 14.6 Å². The molecule has 1 saturated heterocycles. The Kier molecular flexibility index (Phi) is 6.36. The second kappa shape index (κ2) is 8.92. The van der Waals surface area contributed by atoms with Crippen molar-refractivity contribution in [3.63, 3.8) is 0 Å². The van der Waals surface area contributed by atoms with E-state index in [0.29, 0.717) is 18.2 Å². The van der Waals surface area contributed by atoms with E-state index in [1.54, 1.807) is 12.1 Å². The molecule has 0 spiro atoms. The number of rotatable bonds is 8. The van der Waals surface area contributed by atoms with Gasteiger partial charge in [-0.2, -0.15) is 0 Å². The minimum absolute atomic E-state index is 0.174. The first-order valence-electron chi connectivity index (χ1n) is 8.72. The van der Waals surface area contributed by atoms with E-state index in [4.69, 9.17) is 26.2 Å². The largest absolute Gasteiger partial charge is 0.492 e. The second-order valence-electron chi connectivity index (χ2n) is 6.31. The molecule has 0 saturated carbocycles. The summed E-state index contributed by atoms with van der Waals surface area (Å²) in [7, 11) is 0. The Balaban J connectivity index is 1.49. The molecule has 0 radical (unpaired) electrons. The van der Waals surface area contributed by atoms with Gasteiger partial charge in [0.2, 0.25) is 0 Å². The van der Waals surface area contributed by atoms with E-state index in [-0.39, 0.29) is 12.5 Å². The predicted octanol–water partition coefficient (Wildman–Crippen LogP) is 4.45. The number of nitrogens with zero attached hydrogens (tertiary/aromatic N) is 1. The highest BCUT2D eigenvalue weighted by Crippen LogP contribution is 2.26. The van der Waals surface area contributed by atoms with Crippen molar-refractivity contribution in [2.75, 3.05) is 19.7 Å². The van der Waals surface area contributed by atoms with Crippen molar-refractivity contribution in [1.29, 1.82) is 0 Å². The summed E-state index contributed by atoms with van der Waals surface area (Å²) in [5.74, 6) is 1.47. The van der Waals surface area contributed by atoms with Gasteiger partial charge in [0, 0.05) is 17.6 Å². The zero-order valence-electron chi connectivity index (χ0n) is 14.4. The maximum atomic E-state index is 10.7. The summed E-state index contributed by atoms with van der Waals surface area (Å²) >= 11 is 5.86. The van der Waals surface area contributed by atoms with Crippen molar-refractivity contribution in [1.82, 2.24) is 4.90 Å². The van der Waals surface area contributed by atoms with Gasteiger partial charge in [0.05, 0.1) is 6.42 Å². The summed E-state index contributed by atoms with van der Waals surface area (Å²) in [4.78, 5) is 12.9. The number of carboxylic acid groups (broad SMARTS) is 1. The molecule has 3 rings (SSSR count). The van der Waals surface area contributed by atoms with E-state index >= 15 is 0 Å². The Morgan fingerprint density at radius 1 is 1.08 bits per heavy atom. The highest BCUT2D eigenvalue weighted by atomic mass is 35.5. The molecule has 6 heteroatoms. The fraction of sp³-hybridized carbons (Fsp3) is 0.350. The number of aliphatic carboxylic acids is 1. The van der Waals surface area contributed by atoms with Crippen LogP contribution < -0.4 is 9.47 Å². The summed E-state index contributed by atoms with van der Waals surface area (Å²) in [6.45, 7) is 2.09. The minimum atomic E-state index is -0.757. The molecule has 2 aromatic carbocycles. The van der Waals surface area contributed by atoms with Gasteiger partial charge in [0.25, 0.3) is 0 Å². The molecule has 0 aromatic heterocycles. The predicted molar refractivity (Wildman–Crippen MR) is 100 cm³/mol. The van der Waals surface area contributed by atoms with Gasteiger partial charge >= 0.3 is 5.97 Å². The first-order chi connectivity index (χ1) is 12.6. The third-order valence-corrected chi connectivity index (χ3v) is 4.68. The number of hydrogen-bond acceptors (Lipinski definition) is 4. The number of carbonyl (C=O) groups is 1. The lowest BCUT2D eigenvalue weighted by Gasteiger charge is -2.23. The lowest BCUT2D eigenvalue weighted by atomic mass is 10.2. The van der Waals surface area contributed by atoms with Crippen LogP contribution in [0.3, 0.4) is 0 Å². The number of ether oxygens (including phenoxy) is 2. The molecule has 1 aliphatic heterocycles. The summed E-state index contributed by atoms with van der Waals surface area (Å²) < 4.78 is 11.6. The Morgan fingerprint density at radius 3 is 2.35 bits per heavy atom.